The average molecular weight is 792 g/mol. The van der Waals surface area contributed by atoms with Gasteiger partial charge in [-0.1, -0.05) is 159 Å². The number of carbonyl (C=O) groups excluding carboxylic acids is 1. The van der Waals surface area contributed by atoms with E-state index < -0.39 is 49.5 Å². The minimum atomic E-state index is -1.58. The number of hydrogen-bond donors (Lipinski definition) is 6. The zero-order valence-corrected chi connectivity index (χ0v) is 35.6. The summed E-state index contributed by atoms with van der Waals surface area (Å²) in [7, 11) is 0. The molecular weight excluding hydrogens is 707 g/mol. The fourth-order valence-electron chi connectivity index (χ4n) is 6.89. The number of aliphatic hydroxyl groups excluding tert-OH is 5. The summed E-state index contributed by atoms with van der Waals surface area (Å²) in [4.78, 5) is 12.9. The van der Waals surface area contributed by atoms with Crippen LogP contribution in [0.1, 0.15) is 187 Å². The minimum Gasteiger partial charge on any atom is -0.394 e. The molecule has 1 amide bonds. The van der Waals surface area contributed by atoms with Crippen molar-refractivity contribution in [3.05, 3.63) is 48.6 Å². The number of unbranched alkanes of at least 4 members (excludes halogenated alkanes) is 21. The number of ether oxygens (including phenoxy) is 2. The van der Waals surface area contributed by atoms with Gasteiger partial charge in [-0.2, -0.15) is 0 Å². The first-order valence-electron chi connectivity index (χ1n) is 22.9. The van der Waals surface area contributed by atoms with Crippen LogP contribution < -0.4 is 5.32 Å². The molecule has 0 radical (unpaired) electrons. The van der Waals surface area contributed by atoms with E-state index in [1.54, 1.807) is 6.08 Å². The highest BCUT2D eigenvalue weighted by Crippen LogP contribution is 2.22. The van der Waals surface area contributed by atoms with Crippen LogP contribution in [0.15, 0.2) is 48.6 Å². The molecule has 1 rings (SSSR count). The van der Waals surface area contributed by atoms with Crippen LogP contribution in [0.25, 0.3) is 0 Å². The van der Waals surface area contributed by atoms with Crippen molar-refractivity contribution < 1.29 is 39.8 Å². The Morgan fingerprint density at radius 2 is 1.02 bits per heavy atom. The lowest BCUT2D eigenvalue weighted by Crippen LogP contribution is -2.60. The predicted octanol–water partition coefficient (Wildman–Crippen LogP) is 9.45. The van der Waals surface area contributed by atoms with Crippen LogP contribution in [0.4, 0.5) is 0 Å². The average Bonchev–Trinajstić information content (AvgIpc) is 3.20. The molecule has 326 valence electrons. The normalized spacial score (nSPS) is 21.6. The third kappa shape index (κ3) is 27.7. The summed E-state index contributed by atoms with van der Waals surface area (Å²) in [5.74, 6) is -0.202. The van der Waals surface area contributed by atoms with Gasteiger partial charge in [0, 0.05) is 6.42 Å². The van der Waals surface area contributed by atoms with Gasteiger partial charge in [-0.25, -0.2) is 0 Å². The number of carbonyl (C=O) groups is 1. The number of amides is 1. The zero-order chi connectivity index (χ0) is 40.9. The third-order valence-electron chi connectivity index (χ3n) is 10.6. The van der Waals surface area contributed by atoms with Crippen molar-refractivity contribution in [3.63, 3.8) is 0 Å². The molecule has 1 fully saturated rings. The summed E-state index contributed by atoms with van der Waals surface area (Å²) in [5, 5.41) is 54.1. The van der Waals surface area contributed by atoms with Crippen molar-refractivity contribution in [1.29, 1.82) is 0 Å². The van der Waals surface area contributed by atoms with E-state index in [2.05, 4.69) is 55.6 Å². The van der Waals surface area contributed by atoms with E-state index in [4.69, 9.17) is 9.47 Å². The second-order valence-corrected chi connectivity index (χ2v) is 15.8. The molecule has 9 heteroatoms. The van der Waals surface area contributed by atoms with Gasteiger partial charge in [0.25, 0.3) is 0 Å². The molecule has 0 spiro atoms. The highest BCUT2D eigenvalue weighted by molar-refractivity contribution is 5.76. The molecule has 9 nitrogen and oxygen atoms in total. The van der Waals surface area contributed by atoms with Crippen LogP contribution in [0.5, 0.6) is 0 Å². The van der Waals surface area contributed by atoms with Gasteiger partial charge in [0.05, 0.1) is 25.4 Å². The van der Waals surface area contributed by atoms with Crippen molar-refractivity contribution >= 4 is 5.91 Å². The van der Waals surface area contributed by atoms with Crippen molar-refractivity contribution in [2.75, 3.05) is 13.2 Å². The molecule has 1 aliphatic heterocycles. The second kappa shape index (κ2) is 37.4. The molecule has 7 atom stereocenters. The maximum atomic E-state index is 12.9. The fraction of sp³-hybridized carbons (Fsp3) is 0.809. The van der Waals surface area contributed by atoms with E-state index >= 15 is 0 Å². The highest BCUT2D eigenvalue weighted by atomic mass is 16.7. The third-order valence-corrected chi connectivity index (χ3v) is 10.6. The summed E-state index contributed by atoms with van der Waals surface area (Å²) in [6.45, 7) is 3.72. The van der Waals surface area contributed by atoms with Crippen LogP contribution in [-0.2, 0) is 14.3 Å². The molecule has 1 aliphatic rings. The van der Waals surface area contributed by atoms with E-state index in [0.29, 0.717) is 6.42 Å². The molecule has 6 N–H and O–H groups in total. The van der Waals surface area contributed by atoms with Crippen LogP contribution in [0.3, 0.4) is 0 Å². The van der Waals surface area contributed by atoms with Gasteiger partial charge < -0.3 is 40.3 Å². The smallest absolute Gasteiger partial charge is 0.220 e. The Morgan fingerprint density at radius 1 is 0.589 bits per heavy atom. The molecule has 0 aromatic rings. The van der Waals surface area contributed by atoms with Crippen LogP contribution in [-0.4, -0.2) is 87.5 Å². The zero-order valence-electron chi connectivity index (χ0n) is 35.6. The number of rotatable bonds is 37. The van der Waals surface area contributed by atoms with E-state index in [9.17, 15) is 30.3 Å². The highest BCUT2D eigenvalue weighted by Gasteiger charge is 2.44. The molecule has 1 heterocycles. The summed E-state index contributed by atoms with van der Waals surface area (Å²) >= 11 is 0. The van der Waals surface area contributed by atoms with Gasteiger partial charge in [0.15, 0.2) is 6.29 Å². The molecule has 0 bridgehead atoms. The molecule has 7 unspecified atom stereocenters. The van der Waals surface area contributed by atoms with Crippen LogP contribution in [0, 0.1) is 0 Å². The van der Waals surface area contributed by atoms with Crippen LogP contribution >= 0.6 is 0 Å². The van der Waals surface area contributed by atoms with Gasteiger partial charge >= 0.3 is 0 Å². The first-order valence-corrected chi connectivity index (χ1v) is 22.9. The van der Waals surface area contributed by atoms with Gasteiger partial charge in [0.2, 0.25) is 5.91 Å². The van der Waals surface area contributed by atoms with Crippen molar-refractivity contribution in [3.8, 4) is 0 Å². The standard InChI is InChI=1S/C47H85NO8/c1-3-5-7-9-11-13-15-17-19-20-21-22-23-24-26-28-30-32-34-36-41(50)40(39-55-47-46(54)45(53)44(52)42(38-49)56-47)48-43(51)37-35-33-31-29-27-25-18-16-14-12-10-8-6-4-2/h16,18,21-22,26,28,34,36,40-42,44-47,49-50,52-54H,3-15,17,19-20,23-25,27,29-33,35,37-39H2,1-2H3,(H,48,51)/b18-16-,22-21+,28-26+,36-34+. The van der Waals surface area contributed by atoms with Crippen molar-refractivity contribution in [2.45, 2.75) is 230 Å². The Hall–Kier alpha value is -1.85. The van der Waals surface area contributed by atoms with Gasteiger partial charge in [-0.05, 0) is 70.6 Å². The summed E-state index contributed by atoms with van der Waals surface area (Å²) < 4.78 is 11.2. The van der Waals surface area contributed by atoms with Gasteiger partial charge in [-0.3, -0.25) is 4.79 Å². The van der Waals surface area contributed by atoms with Crippen molar-refractivity contribution in [2.24, 2.45) is 0 Å². The maximum Gasteiger partial charge on any atom is 0.220 e. The molecule has 1 saturated heterocycles. The van der Waals surface area contributed by atoms with Crippen LogP contribution in [0.2, 0.25) is 0 Å². The molecule has 56 heavy (non-hydrogen) atoms. The van der Waals surface area contributed by atoms with E-state index in [1.807, 2.05) is 6.08 Å². The second-order valence-electron chi connectivity index (χ2n) is 15.8. The Kier molecular flexibility index (Phi) is 34.9. The van der Waals surface area contributed by atoms with Gasteiger partial charge in [-0.15, -0.1) is 0 Å². The Balaban J connectivity index is 2.42. The lowest BCUT2D eigenvalue weighted by molar-refractivity contribution is -0.302. The topological polar surface area (TPSA) is 149 Å². The van der Waals surface area contributed by atoms with Crippen molar-refractivity contribution in [1.82, 2.24) is 5.32 Å². The molecular formula is C47H85NO8. The predicted molar refractivity (Wildman–Crippen MR) is 230 cm³/mol. The molecule has 0 aromatic carbocycles. The molecule has 0 aromatic heterocycles. The lowest BCUT2D eigenvalue weighted by Gasteiger charge is -2.40. The Morgan fingerprint density at radius 3 is 1.50 bits per heavy atom. The number of allylic oxidation sites excluding steroid dienone is 7. The summed E-state index contributed by atoms with van der Waals surface area (Å²) in [6.07, 6.45) is 40.1. The minimum absolute atomic E-state index is 0.202. The first kappa shape index (κ1) is 52.2. The molecule has 0 aliphatic carbocycles. The largest absolute Gasteiger partial charge is 0.394 e. The van der Waals surface area contributed by atoms with Gasteiger partial charge in [0.1, 0.15) is 24.4 Å². The first-order chi connectivity index (χ1) is 27.3. The van der Waals surface area contributed by atoms with E-state index in [1.165, 1.54) is 103 Å². The number of nitrogens with one attached hydrogen (secondary N) is 1. The Bertz CT molecular complexity index is 1010. The number of aliphatic hydroxyl groups is 5. The summed E-state index contributed by atoms with van der Waals surface area (Å²) in [6, 6.07) is -0.831. The maximum absolute atomic E-state index is 12.9. The SMILES string of the molecule is CCCCCCC/C=C\CCCCCCCC(=O)NC(COC1OC(CO)C(O)C(O)C1O)C(O)/C=C/CC/C=C/CC/C=C/CCCCCCCCCCC. The summed E-state index contributed by atoms with van der Waals surface area (Å²) in [5.41, 5.74) is 0. The fourth-order valence-corrected chi connectivity index (χ4v) is 6.89. The van der Waals surface area contributed by atoms with E-state index in [0.717, 1.165) is 64.2 Å². The quantitative estimate of drug-likeness (QED) is 0.0269. The Labute approximate surface area is 342 Å². The van der Waals surface area contributed by atoms with E-state index in [-0.39, 0.29) is 12.5 Å². The molecule has 0 saturated carbocycles. The lowest BCUT2D eigenvalue weighted by atomic mass is 9.99. The monoisotopic (exact) mass is 792 g/mol. The number of hydrogen-bond acceptors (Lipinski definition) is 8.